The minimum absolute atomic E-state index is 0.339. The highest BCUT2D eigenvalue weighted by molar-refractivity contribution is 5.82. The molecule has 0 fully saturated rings. The van der Waals surface area contributed by atoms with Gasteiger partial charge in [0.15, 0.2) is 0 Å². The van der Waals surface area contributed by atoms with E-state index in [2.05, 4.69) is 5.32 Å². The van der Waals surface area contributed by atoms with Crippen molar-refractivity contribution in [1.82, 2.24) is 5.32 Å². The molecule has 0 radical (unpaired) electrons. The van der Waals surface area contributed by atoms with Gasteiger partial charge in [-0.1, -0.05) is 36.4 Å². The summed E-state index contributed by atoms with van der Waals surface area (Å²) in [6.07, 6.45) is 2.94. The quantitative estimate of drug-likeness (QED) is 0.606. The molecule has 0 aliphatic heterocycles. The van der Waals surface area contributed by atoms with Gasteiger partial charge in [-0.05, 0) is 12.5 Å². The van der Waals surface area contributed by atoms with Crippen molar-refractivity contribution < 1.29 is 19.1 Å². The molecular weight excluding hydrogens is 258 g/mol. The van der Waals surface area contributed by atoms with Gasteiger partial charge in [-0.3, -0.25) is 5.32 Å². The lowest BCUT2D eigenvalue weighted by Crippen LogP contribution is -2.29. The van der Waals surface area contributed by atoms with Crippen LogP contribution in [0.25, 0.3) is 0 Å². The summed E-state index contributed by atoms with van der Waals surface area (Å²) in [5, 5.41) is 3.02. The smallest absolute Gasteiger partial charge is 0.330 e. The molecule has 1 unspecified atom stereocenters. The third-order valence-electron chi connectivity index (χ3n) is 2.55. The number of benzene rings is 1. The molecule has 5 nitrogen and oxygen atoms in total. The first-order valence-corrected chi connectivity index (χ1v) is 6.38. The van der Waals surface area contributed by atoms with Crippen LogP contribution in [0.2, 0.25) is 0 Å². The summed E-state index contributed by atoms with van der Waals surface area (Å²) in [5.41, 5.74) is 0.809. The van der Waals surface area contributed by atoms with E-state index in [9.17, 15) is 9.59 Å². The number of carbonyl (C=O) groups is 2. The van der Waals surface area contributed by atoms with Gasteiger partial charge in [0, 0.05) is 12.6 Å². The van der Waals surface area contributed by atoms with E-state index in [4.69, 9.17) is 9.47 Å². The van der Waals surface area contributed by atoms with Gasteiger partial charge in [-0.15, -0.1) is 0 Å². The SMILES string of the molecule is CCOC(=O)/C=C/CNC(C(=O)OC)c1ccccc1. The summed E-state index contributed by atoms with van der Waals surface area (Å²) in [5.74, 6) is -0.774. The molecule has 0 spiro atoms. The predicted octanol–water partition coefficient (Wildman–Crippen LogP) is 1.61. The minimum atomic E-state index is -0.562. The van der Waals surface area contributed by atoms with Crippen LogP contribution in [-0.2, 0) is 19.1 Å². The molecule has 1 N–H and O–H groups in total. The maximum absolute atomic E-state index is 11.7. The maximum atomic E-state index is 11.7. The summed E-state index contributed by atoms with van der Waals surface area (Å²) in [4.78, 5) is 22.9. The number of rotatable bonds is 7. The molecule has 1 aromatic rings. The fraction of sp³-hybridized carbons (Fsp3) is 0.333. The zero-order valence-electron chi connectivity index (χ0n) is 11.7. The van der Waals surface area contributed by atoms with Crippen molar-refractivity contribution in [3.05, 3.63) is 48.0 Å². The first-order valence-electron chi connectivity index (χ1n) is 6.38. The lowest BCUT2D eigenvalue weighted by Gasteiger charge is -2.15. The van der Waals surface area contributed by atoms with Crippen LogP contribution in [0.4, 0.5) is 0 Å². The minimum Gasteiger partial charge on any atom is -0.468 e. The van der Waals surface area contributed by atoms with E-state index in [-0.39, 0.29) is 5.97 Å². The molecule has 0 saturated heterocycles. The highest BCUT2D eigenvalue weighted by atomic mass is 16.5. The van der Waals surface area contributed by atoms with Crippen LogP contribution in [0.15, 0.2) is 42.5 Å². The molecular formula is C15H19NO4. The molecule has 0 heterocycles. The summed E-state index contributed by atoms with van der Waals surface area (Å²) in [6, 6.07) is 8.68. The van der Waals surface area contributed by atoms with Crippen molar-refractivity contribution >= 4 is 11.9 Å². The second kappa shape index (κ2) is 8.87. The second-order valence-corrected chi connectivity index (χ2v) is 3.93. The zero-order valence-corrected chi connectivity index (χ0v) is 11.7. The maximum Gasteiger partial charge on any atom is 0.330 e. The van der Waals surface area contributed by atoms with Crippen molar-refractivity contribution in [2.75, 3.05) is 20.3 Å². The molecule has 20 heavy (non-hydrogen) atoms. The third kappa shape index (κ3) is 5.24. The van der Waals surface area contributed by atoms with Gasteiger partial charge in [-0.2, -0.15) is 0 Å². The van der Waals surface area contributed by atoms with Gasteiger partial charge >= 0.3 is 11.9 Å². The Bertz CT molecular complexity index is 456. The first-order chi connectivity index (χ1) is 9.69. The van der Waals surface area contributed by atoms with Crippen LogP contribution in [0.3, 0.4) is 0 Å². The molecule has 0 aliphatic carbocycles. The van der Waals surface area contributed by atoms with Gasteiger partial charge in [0.2, 0.25) is 0 Å². The Labute approximate surface area is 118 Å². The number of carbonyl (C=O) groups excluding carboxylic acids is 2. The number of hydrogen-bond acceptors (Lipinski definition) is 5. The Morgan fingerprint density at radius 1 is 1.30 bits per heavy atom. The molecule has 1 atom stereocenters. The molecule has 108 valence electrons. The Kier molecular flexibility index (Phi) is 7.06. The largest absolute Gasteiger partial charge is 0.468 e. The van der Waals surface area contributed by atoms with E-state index >= 15 is 0 Å². The summed E-state index contributed by atoms with van der Waals surface area (Å²) in [7, 11) is 1.34. The highest BCUT2D eigenvalue weighted by Crippen LogP contribution is 2.13. The van der Waals surface area contributed by atoms with E-state index in [1.807, 2.05) is 30.3 Å². The third-order valence-corrected chi connectivity index (χ3v) is 2.55. The average Bonchev–Trinajstić information content (AvgIpc) is 2.48. The molecule has 0 bridgehead atoms. The van der Waals surface area contributed by atoms with Gasteiger partial charge in [-0.25, -0.2) is 9.59 Å². The second-order valence-electron chi connectivity index (χ2n) is 3.93. The van der Waals surface area contributed by atoms with Crippen LogP contribution in [-0.4, -0.2) is 32.2 Å². The van der Waals surface area contributed by atoms with Gasteiger partial charge < -0.3 is 9.47 Å². The molecule has 1 rings (SSSR count). The van der Waals surface area contributed by atoms with E-state index in [0.29, 0.717) is 13.2 Å². The molecule has 0 aromatic heterocycles. The normalized spacial score (nSPS) is 12.1. The van der Waals surface area contributed by atoms with Crippen molar-refractivity contribution in [1.29, 1.82) is 0 Å². The van der Waals surface area contributed by atoms with Crippen molar-refractivity contribution in [3.63, 3.8) is 0 Å². The van der Waals surface area contributed by atoms with Crippen LogP contribution < -0.4 is 5.32 Å². The van der Waals surface area contributed by atoms with Crippen molar-refractivity contribution in [2.24, 2.45) is 0 Å². The molecule has 0 saturated carbocycles. The Hall–Kier alpha value is -2.14. The fourth-order valence-corrected chi connectivity index (χ4v) is 1.63. The Morgan fingerprint density at radius 2 is 2.00 bits per heavy atom. The average molecular weight is 277 g/mol. The molecule has 1 aromatic carbocycles. The van der Waals surface area contributed by atoms with Crippen LogP contribution in [0.5, 0.6) is 0 Å². The Balaban J connectivity index is 2.59. The number of ether oxygens (including phenoxy) is 2. The monoisotopic (exact) mass is 277 g/mol. The van der Waals surface area contributed by atoms with E-state index in [0.717, 1.165) is 5.56 Å². The van der Waals surface area contributed by atoms with Gasteiger partial charge in [0.25, 0.3) is 0 Å². The van der Waals surface area contributed by atoms with Gasteiger partial charge in [0.05, 0.1) is 13.7 Å². The molecule has 0 aliphatic rings. The highest BCUT2D eigenvalue weighted by Gasteiger charge is 2.19. The van der Waals surface area contributed by atoms with Crippen LogP contribution >= 0.6 is 0 Å². The Morgan fingerprint density at radius 3 is 2.60 bits per heavy atom. The van der Waals surface area contributed by atoms with E-state index < -0.39 is 12.0 Å². The van der Waals surface area contributed by atoms with Crippen molar-refractivity contribution in [3.8, 4) is 0 Å². The molecule has 5 heteroatoms. The number of hydrogen-bond donors (Lipinski definition) is 1. The topological polar surface area (TPSA) is 64.6 Å². The number of nitrogens with one attached hydrogen (secondary N) is 1. The standard InChI is InChI=1S/C15H19NO4/c1-3-20-13(17)10-7-11-16-14(15(18)19-2)12-8-5-4-6-9-12/h4-10,14,16H,3,11H2,1-2H3/b10-7+. The van der Waals surface area contributed by atoms with E-state index in [1.54, 1.807) is 13.0 Å². The van der Waals surface area contributed by atoms with Crippen molar-refractivity contribution in [2.45, 2.75) is 13.0 Å². The molecule has 0 amide bonds. The lowest BCUT2D eigenvalue weighted by atomic mass is 10.1. The summed E-state index contributed by atoms with van der Waals surface area (Å²) in [6.45, 7) is 2.44. The van der Waals surface area contributed by atoms with Crippen LogP contribution in [0, 0.1) is 0 Å². The summed E-state index contributed by atoms with van der Waals surface area (Å²) < 4.78 is 9.52. The zero-order chi connectivity index (χ0) is 14.8. The van der Waals surface area contributed by atoms with E-state index in [1.165, 1.54) is 13.2 Å². The van der Waals surface area contributed by atoms with Crippen LogP contribution in [0.1, 0.15) is 18.5 Å². The predicted molar refractivity (Wildman–Crippen MR) is 75.0 cm³/mol. The first kappa shape index (κ1) is 15.9. The van der Waals surface area contributed by atoms with Gasteiger partial charge in [0.1, 0.15) is 6.04 Å². The lowest BCUT2D eigenvalue weighted by molar-refractivity contribution is -0.143. The summed E-state index contributed by atoms with van der Waals surface area (Å²) >= 11 is 0. The number of esters is 2. The number of methoxy groups -OCH3 is 1. The fourth-order valence-electron chi connectivity index (χ4n) is 1.63.